The predicted octanol–water partition coefficient (Wildman–Crippen LogP) is 3.55. The quantitative estimate of drug-likeness (QED) is 0.650. The zero-order chi connectivity index (χ0) is 23.4. The molecule has 2 heterocycles. The highest BCUT2D eigenvalue weighted by atomic mass is 16.5. The molecule has 0 spiro atoms. The normalized spacial score (nSPS) is 17.0. The van der Waals surface area contributed by atoms with Gasteiger partial charge in [0.05, 0.1) is 7.11 Å². The number of benzene rings is 1. The van der Waals surface area contributed by atoms with Gasteiger partial charge in [-0.15, -0.1) is 0 Å². The van der Waals surface area contributed by atoms with Crippen molar-refractivity contribution in [2.24, 2.45) is 11.8 Å². The first kappa shape index (κ1) is 23.2. The van der Waals surface area contributed by atoms with Crippen LogP contribution in [-0.4, -0.2) is 48.1 Å². The van der Waals surface area contributed by atoms with Crippen molar-refractivity contribution in [2.45, 2.75) is 58.4 Å². The summed E-state index contributed by atoms with van der Waals surface area (Å²) < 4.78 is 4.89. The summed E-state index contributed by atoms with van der Waals surface area (Å²) in [6.07, 6.45) is 5.16. The third kappa shape index (κ3) is 5.34. The van der Waals surface area contributed by atoms with Crippen molar-refractivity contribution in [3.05, 3.63) is 41.6 Å². The third-order valence-corrected chi connectivity index (χ3v) is 6.62. The first-order chi connectivity index (χ1) is 16.0. The second kappa shape index (κ2) is 10.3. The van der Waals surface area contributed by atoms with Crippen molar-refractivity contribution in [1.29, 1.82) is 0 Å². The van der Waals surface area contributed by atoms with E-state index in [1.165, 1.54) is 12.7 Å². The molecule has 0 radical (unpaired) electrons. The number of esters is 1. The number of carbonyl (C=O) groups excluding carboxylic acids is 2. The van der Waals surface area contributed by atoms with E-state index in [0.717, 1.165) is 68.1 Å². The molecule has 176 valence electrons. The van der Waals surface area contributed by atoms with Crippen LogP contribution in [0.3, 0.4) is 0 Å². The van der Waals surface area contributed by atoms with E-state index >= 15 is 0 Å². The zero-order valence-electron chi connectivity index (χ0n) is 19.8. The zero-order valence-corrected chi connectivity index (χ0v) is 19.8. The monoisotopic (exact) mass is 450 g/mol. The molecule has 1 amide bonds. The Labute approximate surface area is 196 Å². The maximum absolute atomic E-state index is 12.9. The lowest BCUT2D eigenvalue weighted by Gasteiger charge is -2.34. The Hall–Kier alpha value is -2.96. The van der Waals surface area contributed by atoms with Crippen molar-refractivity contribution in [3.8, 4) is 11.4 Å². The minimum absolute atomic E-state index is 0.0522. The van der Waals surface area contributed by atoms with Crippen LogP contribution in [0.1, 0.15) is 50.8 Å². The van der Waals surface area contributed by atoms with Gasteiger partial charge in [0, 0.05) is 35.8 Å². The van der Waals surface area contributed by atoms with Crippen molar-refractivity contribution in [3.63, 3.8) is 0 Å². The molecule has 7 nitrogen and oxygen atoms in total. The molecule has 0 bridgehead atoms. The summed E-state index contributed by atoms with van der Waals surface area (Å²) in [6, 6.07) is 9.53. The molecule has 2 aromatic rings. The Bertz CT molecular complexity index is 985. The molecule has 33 heavy (non-hydrogen) atoms. The number of aryl methyl sites for hydroxylation is 1. The first-order valence-electron chi connectivity index (χ1n) is 12.0. The molecule has 1 saturated heterocycles. The number of piperidine rings is 1. The topological polar surface area (TPSA) is 84.4 Å². The van der Waals surface area contributed by atoms with E-state index in [9.17, 15) is 9.59 Å². The summed E-state index contributed by atoms with van der Waals surface area (Å²) in [7, 11) is 1.37. The largest absolute Gasteiger partial charge is 0.467 e. The Balaban J connectivity index is 1.45. The first-order valence-corrected chi connectivity index (χ1v) is 12.0. The standard InChI is InChI=1S/C26H34N4O3/c1-17(2)16-22(26(32)33-3)28-25(31)19-12-14-30(15-13-19)24-20-10-7-11-21(20)27-23(29-24)18-8-5-4-6-9-18/h4-6,8-9,17,19,22H,7,10-16H2,1-3H3,(H,28,31)/t22-/m0/s1. The highest BCUT2D eigenvalue weighted by molar-refractivity contribution is 5.86. The van der Waals surface area contributed by atoms with Crippen LogP contribution < -0.4 is 10.2 Å². The van der Waals surface area contributed by atoms with Crippen LogP contribution >= 0.6 is 0 Å². The Morgan fingerprint density at radius 3 is 2.52 bits per heavy atom. The van der Waals surface area contributed by atoms with Gasteiger partial charge in [-0.1, -0.05) is 44.2 Å². The number of aromatic nitrogens is 2. The van der Waals surface area contributed by atoms with Crippen LogP contribution in [0.4, 0.5) is 5.82 Å². The average molecular weight is 451 g/mol. The summed E-state index contributed by atoms with van der Waals surface area (Å²) >= 11 is 0. The Kier molecular flexibility index (Phi) is 7.26. The molecule has 1 aromatic carbocycles. The smallest absolute Gasteiger partial charge is 0.328 e. The van der Waals surface area contributed by atoms with Crippen LogP contribution in [0.2, 0.25) is 0 Å². The minimum atomic E-state index is -0.584. The molecule has 1 aliphatic heterocycles. The number of fused-ring (bicyclic) bond motifs is 1. The van der Waals surface area contributed by atoms with Gasteiger partial charge < -0.3 is 15.0 Å². The molecule has 7 heteroatoms. The summed E-state index contributed by atoms with van der Waals surface area (Å²) in [5, 5.41) is 2.94. The maximum Gasteiger partial charge on any atom is 0.328 e. The van der Waals surface area contributed by atoms with Gasteiger partial charge in [-0.3, -0.25) is 4.79 Å². The van der Waals surface area contributed by atoms with Gasteiger partial charge in [0.1, 0.15) is 11.9 Å². The van der Waals surface area contributed by atoms with E-state index in [0.29, 0.717) is 6.42 Å². The lowest BCUT2D eigenvalue weighted by molar-refractivity contribution is -0.146. The van der Waals surface area contributed by atoms with Crippen LogP contribution in [-0.2, 0) is 27.2 Å². The van der Waals surface area contributed by atoms with Gasteiger partial charge in [-0.25, -0.2) is 14.8 Å². The van der Waals surface area contributed by atoms with Crippen molar-refractivity contribution in [2.75, 3.05) is 25.1 Å². The molecule has 1 fully saturated rings. The highest BCUT2D eigenvalue weighted by Crippen LogP contribution is 2.33. The van der Waals surface area contributed by atoms with Crippen LogP contribution in [0, 0.1) is 11.8 Å². The average Bonchev–Trinajstić information content (AvgIpc) is 3.31. The van der Waals surface area contributed by atoms with E-state index in [2.05, 4.69) is 10.2 Å². The molecule has 1 aliphatic carbocycles. The van der Waals surface area contributed by atoms with Gasteiger partial charge in [0.2, 0.25) is 5.91 Å². The maximum atomic E-state index is 12.9. The summed E-state index contributed by atoms with van der Waals surface area (Å²) in [4.78, 5) is 37.2. The number of rotatable bonds is 7. The summed E-state index contributed by atoms with van der Waals surface area (Å²) in [6.45, 7) is 5.60. The van der Waals surface area contributed by atoms with Gasteiger partial charge in [-0.05, 0) is 44.4 Å². The number of anilines is 1. The van der Waals surface area contributed by atoms with E-state index in [-0.39, 0.29) is 23.7 Å². The molecule has 1 N–H and O–H groups in total. The second-order valence-corrected chi connectivity index (χ2v) is 9.49. The number of ether oxygens (including phenoxy) is 1. The number of nitrogens with one attached hydrogen (secondary N) is 1. The molecule has 0 unspecified atom stereocenters. The minimum Gasteiger partial charge on any atom is -0.467 e. The molecule has 4 rings (SSSR count). The van der Waals surface area contributed by atoms with Crippen molar-refractivity contribution >= 4 is 17.7 Å². The third-order valence-electron chi connectivity index (χ3n) is 6.62. The van der Waals surface area contributed by atoms with Gasteiger partial charge in [-0.2, -0.15) is 0 Å². The van der Waals surface area contributed by atoms with Crippen molar-refractivity contribution < 1.29 is 14.3 Å². The van der Waals surface area contributed by atoms with E-state index in [1.807, 2.05) is 44.2 Å². The summed E-state index contributed by atoms with van der Waals surface area (Å²) in [5.74, 6) is 1.56. The van der Waals surface area contributed by atoms with Gasteiger partial charge >= 0.3 is 5.97 Å². The predicted molar refractivity (Wildman–Crippen MR) is 128 cm³/mol. The molecular formula is C26H34N4O3. The highest BCUT2D eigenvalue weighted by Gasteiger charge is 2.31. The van der Waals surface area contributed by atoms with Crippen LogP contribution in [0.25, 0.3) is 11.4 Å². The fourth-order valence-corrected chi connectivity index (χ4v) is 4.86. The molecule has 0 saturated carbocycles. The van der Waals surface area contributed by atoms with Gasteiger partial charge in [0.25, 0.3) is 0 Å². The number of carbonyl (C=O) groups is 2. The molecule has 2 aliphatic rings. The van der Waals surface area contributed by atoms with Gasteiger partial charge in [0.15, 0.2) is 5.82 Å². The second-order valence-electron chi connectivity index (χ2n) is 9.49. The SMILES string of the molecule is COC(=O)[C@H](CC(C)C)NC(=O)C1CCN(c2nc(-c3ccccc3)nc3c2CCC3)CC1. The fraction of sp³-hybridized carbons (Fsp3) is 0.538. The molecule has 1 atom stereocenters. The molecular weight excluding hydrogens is 416 g/mol. The Morgan fingerprint density at radius 1 is 1.12 bits per heavy atom. The summed E-state index contributed by atoms with van der Waals surface area (Å²) in [5.41, 5.74) is 3.45. The van der Waals surface area contributed by atoms with Crippen LogP contribution in [0.5, 0.6) is 0 Å². The number of hydrogen-bond acceptors (Lipinski definition) is 6. The number of methoxy groups -OCH3 is 1. The number of hydrogen-bond donors (Lipinski definition) is 1. The van der Waals surface area contributed by atoms with Crippen molar-refractivity contribution in [1.82, 2.24) is 15.3 Å². The lowest BCUT2D eigenvalue weighted by atomic mass is 9.94. The van der Waals surface area contributed by atoms with Crippen LogP contribution in [0.15, 0.2) is 30.3 Å². The number of nitrogens with zero attached hydrogens (tertiary/aromatic N) is 3. The molecule has 1 aromatic heterocycles. The fourth-order valence-electron chi connectivity index (χ4n) is 4.86. The van der Waals surface area contributed by atoms with E-state index in [4.69, 9.17) is 14.7 Å². The Morgan fingerprint density at radius 2 is 1.85 bits per heavy atom. The van der Waals surface area contributed by atoms with E-state index < -0.39 is 6.04 Å². The number of amides is 1. The lowest BCUT2D eigenvalue weighted by Crippen LogP contribution is -2.47. The van der Waals surface area contributed by atoms with E-state index in [1.54, 1.807) is 0 Å².